The van der Waals surface area contributed by atoms with Crippen LogP contribution in [-0.4, -0.2) is 11.7 Å². The molecule has 6 heteroatoms. The highest BCUT2D eigenvalue weighted by Gasteiger charge is 2.39. The first-order valence-electron chi connectivity index (χ1n) is 7.08. The molecule has 1 aromatic carbocycles. The third-order valence-corrected chi connectivity index (χ3v) is 4.56. The molecule has 0 bridgehead atoms. The van der Waals surface area contributed by atoms with Crippen LogP contribution >= 0.6 is 23.2 Å². The first-order chi connectivity index (χ1) is 10.3. The predicted molar refractivity (Wildman–Crippen MR) is 89.0 cm³/mol. The van der Waals surface area contributed by atoms with Crippen LogP contribution in [0.3, 0.4) is 0 Å². The average Bonchev–Trinajstić information content (AvgIpc) is 2.35. The van der Waals surface area contributed by atoms with Crippen molar-refractivity contribution in [2.45, 2.75) is 32.7 Å². The molecule has 0 spiro atoms. The molecular formula is C16H17Cl2N3O. The lowest BCUT2D eigenvalue weighted by molar-refractivity contribution is -0.118. The molecule has 1 heterocycles. The first kappa shape index (κ1) is 15.4. The highest BCUT2D eigenvalue weighted by Crippen LogP contribution is 2.44. The lowest BCUT2D eigenvalue weighted by Crippen LogP contribution is -2.42. The molecule has 1 atom stereocenters. The fraction of sp³-hybridized carbons (Fsp3) is 0.375. The molecule has 4 nitrogen and oxygen atoms in total. The third kappa shape index (κ3) is 2.73. The summed E-state index contributed by atoms with van der Waals surface area (Å²) in [6, 6.07) is 4.73. The molecule has 116 valence electrons. The number of nitrogens with zero attached hydrogens (tertiary/aromatic N) is 1. The maximum Gasteiger partial charge on any atom is 0.193 e. The van der Waals surface area contributed by atoms with Crippen molar-refractivity contribution in [2.24, 2.45) is 16.1 Å². The maximum atomic E-state index is 12.6. The monoisotopic (exact) mass is 337 g/mol. The highest BCUT2D eigenvalue weighted by atomic mass is 35.5. The average molecular weight is 338 g/mol. The number of carbonyl (C=O) groups is 1. The van der Waals surface area contributed by atoms with Crippen LogP contribution in [0.1, 0.15) is 38.3 Å². The summed E-state index contributed by atoms with van der Waals surface area (Å²) in [5, 5.41) is 4.09. The topological polar surface area (TPSA) is 67.5 Å². The van der Waals surface area contributed by atoms with Crippen molar-refractivity contribution >= 4 is 34.9 Å². The lowest BCUT2D eigenvalue weighted by atomic mass is 9.73. The van der Waals surface area contributed by atoms with Gasteiger partial charge in [-0.1, -0.05) is 43.1 Å². The van der Waals surface area contributed by atoms with E-state index in [-0.39, 0.29) is 11.2 Å². The summed E-state index contributed by atoms with van der Waals surface area (Å²) in [6.45, 7) is 4.14. The van der Waals surface area contributed by atoms with Crippen molar-refractivity contribution < 1.29 is 4.79 Å². The van der Waals surface area contributed by atoms with Gasteiger partial charge < -0.3 is 11.1 Å². The summed E-state index contributed by atoms with van der Waals surface area (Å²) in [5.41, 5.74) is 8.08. The van der Waals surface area contributed by atoms with E-state index in [0.717, 1.165) is 17.7 Å². The molecule has 1 aromatic rings. The van der Waals surface area contributed by atoms with Gasteiger partial charge in [-0.25, -0.2) is 4.99 Å². The normalized spacial score (nSPS) is 23.7. The summed E-state index contributed by atoms with van der Waals surface area (Å²) in [7, 11) is 0. The zero-order chi connectivity index (χ0) is 16.1. The Labute approximate surface area is 139 Å². The van der Waals surface area contributed by atoms with Gasteiger partial charge in [0, 0.05) is 33.3 Å². The molecule has 3 rings (SSSR count). The Bertz CT molecular complexity index is 722. The molecule has 0 saturated carbocycles. The maximum absolute atomic E-state index is 12.6. The Morgan fingerprint density at radius 1 is 1.32 bits per heavy atom. The highest BCUT2D eigenvalue weighted by molar-refractivity contribution is 6.35. The molecule has 1 unspecified atom stereocenters. The van der Waals surface area contributed by atoms with Gasteiger partial charge >= 0.3 is 0 Å². The van der Waals surface area contributed by atoms with Crippen molar-refractivity contribution in [1.29, 1.82) is 0 Å². The van der Waals surface area contributed by atoms with Gasteiger partial charge in [0.15, 0.2) is 11.7 Å². The summed E-state index contributed by atoms with van der Waals surface area (Å²) < 4.78 is 0. The van der Waals surface area contributed by atoms with Crippen molar-refractivity contribution in [1.82, 2.24) is 5.32 Å². The first-order valence-corrected chi connectivity index (χ1v) is 7.84. The molecule has 2 aliphatic rings. The van der Waals surface area contributed by atoms with Gasteiger partial charge in [0.2, 0.25) is 0 Å². The van der Waals surface area contributed by atoms with Gasteiger partial charge in [0.25, 0.3) is 0 Å². The number of nitrogens with two attached hydrogens (primary N) is 1. The fourth-order valence-electron chi connectivity index (χ4n) is 3.10. The van der Waals surface area contributed by atoms with Gasteiger partial charge in [-0.3, -0.25) is 4.79 Å². The molecule has 0 radical (unpaired) electrons. The second-order valence-corrected chi connectivity index (χ2v) is 7.38. The number of hydrogen-bond donors (Lipinski definition) is 2. The Balaban J connectivity index is 2.11. The molecule has 0 amide bonds. The van der Waals surface area contributed by atoms with Crippen molar-refractivity contribution in [2.75, 3.05) is 0 Å². The minimum atomic E-state index is -0.468. The number of nitrogens with one attached hydrogen (secondary N) is 1. The van der Waals surface area contributed by atoms with Crippen LogP contribution in [0.15, 0.2) is 34.5 Å². The minimum absolute atomic E-state index is 0.0884. The molecule has 0 saturated heterocycles. The molecule has 0 fully saturated rings. The van der Waals surface area contributed by atoms with E-state index in [2.05, 4.69) is 24.2 Å². The number of aliphatic imine (C=N–C) groups is 1. The quantitative estimate of drug-likeness (QED) is 0.822. The number of rotatable bonds is 1. The van der Waals surface area contributed by atoms with Gasteiger partial charge in [0.05, 0.1) is 0 Å². The fourth-order valence-corrected chi connectivity index (χ4v) is 3.61. The lowest BCUT2D eigenvalue weighted by Gasteiger charge is -2.36. The van der Waals surface area contributed by atoms with Crippen molar-refractivity contribution in [3.05, 3.63) is 45.1 Å². The van der Waals surface area contributed by atoms with E-state index in [9.17, 15) is 4.79 Å². The Morgan fingerprint density at radius 3 is 2.73 bits per heavy atom. The number of ketones is 1. The number of benzene rings is 1. The molecular weight excluding hydrogens is 321 g/mol. The predicted octanol–water partition coefficient (Wildman–Crippen LogP) is 3.60. The standard InChI is InChI=1S/C16H17Cl2N3O/c1-16(2)6-11-13(12(22)7-16)14(21-15(19)20-11)9-4-3-8(17)5-10(9)18/h3-5,14H,6-7H2,1-2H3,(H3,19,20,21). The Morgan fingerprint density at radius 2 is 2.05 bits per heavy atom. The number of carbonyl (C=O) groups excluding carboxylic acids is 1. The van der Waals surface area contributed by atoms with E-state index in [0.29, 0.717) is 28.0 Å². The summed E-state index contributed by atoms with van der Waals surface area (Å²) in [6.07, 6.45) is 1.25. The summed E-state index contributed by atoms with van der Waals surface area (Å²) in [5.74, 6) is 0.395. The molecule has 0 aromatic heterocycles. The van der Waals surface area contributed by atoms with E-state index < -0.39 is 6.04 Å². The largest absolute Gasteiger partial charge is 0.370 e. The van der Waals surface area contributed by atoms with Gasteiger partial charge in [-0.15, -0.1) is 0 Å². The second kappa shape index (κ2) is 5.28. The number of hydrogen-bond acceptors (Lipinski definition) is 4. The molecule has 1 aliphatic carbocycles. The summed E-state index contributed by atoms with van der Waals surface area (Å²) >= 11 is 12.2. The van der Waals surface area contributed by atoms with Gasteiger partial charge in [-0.2, -0.15) is 0 Å². The van der Waals surface area contributed by atoms with Crippen LogP contribution in [0.5, 0.6) is 0 Å². The number of guanidine groups is 1. The van der Waals surface area contributed by atoms with E-state index in [1.54, 1.807) is 18.2 Å². The van der Waals surface area contributed by atoms with Crippen LogP contribution < -0.4 is 11.1 Å². The molecule has 3 N–H and O–H groups in total. The van der Waals surface area contributed by atoms with Gasteiger partial charge in [-0.05, 0) is 24.0 Å². The van der Waals surface area contributed by atoms with Crippen molar-refractivity contribution in [3.63, 3.8) is 0 Å². The smallest absolute Gasteiger partial charge is 0.193 e. The van der Waals surface area contributed by atoms with Crippen molar-refractivity contribution in [3.8, 4) is 0 Å². The Hall–Kier alpha value is -1.52. The number of allylic oxidation sites excluding steroid dienone is 1. The second-order valence-electron chi connectivity index (χ2n) is 6.54. The Kier molecular flexibility index (Phi) is 3.69. The van der Waals surface area contributed by atoms with Crippen LogP contribution in [-0.2, 0) is 4.79 Å². The zero-order valence-electron chi connectivity index (χ0n) is 12.4. The summed E-state index contributed by atoms with van der Waals surface area (Å²) in [4.78, 5) is 17.0. The van der Waals surface area contributed by atoms with E-state index in [1.807, 2.05) is 0 Å². The van der Waals surface area contributed by atoms with Crippen LogP contribution in [0.25, 0.3) is 0 Å². The van der Waals surface area contributed by atoms with Crippen LogP contribution in [0, 0.1) is 5.41 Å². The van der Waals surface area contributed by atoms with Crippen LogP contribution in [0.2, 0.25) is 10.0 Å². The van der Waals surface area contributed by atoms with E-state index in [4.69, 9.17) is 28.9 Å². The minimum Gasteiger partial charge on any atom is -0.370 e. The third-order valence-electron chi connectivity index (χ3n) is 4.00. The number of Topliss-reactive ketones (excluding diaryl/α,β-unsaturated/α-hetero) is 1. The van der Waals surface area contributed by atoms with Crippen LogP contribution in [0.4, 0.5) is 0 Å². The van der Waals surface area contributed by atoms with Gasteiger partial charge in [0.1, 0.15) is 6.04 Å². The van der Waals surface area contributed by atoms with E-state index in [1.165, 1.54) is 0 Å². The number of halogens is 2. The zero-order valence-corrected chi connectivity index (χ0v) is 13.9. The molecule has 22 heavy (non-hydrogen) atoms. The SMILES string of the molecule is CC1(C)CC(=O)C2=C(C1)NC(N)=NC2c1ccc(Cl)cc1Cl. The van der Waals surface area contributed by atoms with E-state index >= 15 is 0 Å². The molecule has 1 aliphatic heterocycles.